The van der Waals surface area contributed by atoms with Gasteiger partial charge in [-0.2, -0.15) is 0 Å². The van der Waals surface area contributed by atoms with Crippen LogP contribution in [0.4, 0.5) is 0 Å². The van der Waals surface area contributed by atoms with Crippen molar-refractivity contribution in [2.75, 3.05) is 0 Å². The summed E-state index contributed by atoms with van der Waals surface area (Å²) < 4.78 is 0. The minimum absolute atomic E-state index is 0. The summed E-state index contributed by atoms with van der Waals surface area (Å²) >= 11 is 0. The van der Waals surface area contributed by atoms with Crippen molar-refractivity contribution in [2.24, 2.45) is 0 Å². The second kappa shape index (κ2) is 15.8. The van der Waals surface area contributed by atoms with E-state index < -0.39 is 0 Å². The van der Waals surface area contributed by atoms with Crippen LogP contribution in [0.15, 0.2) is 0 Å². The van der Waals surface area contributed by atoms with E-state index in [-0.39, 0.29) is 29.1 Å². The average Bonchev–Trinajstić information content (AvgIpc) is 1.41. The van der Waals surface area contributed by atoms with Gasteiger partial charge in [0, 0.05) is 8.80 Å². The topological polar surface area (TPSA) is 0 Å². The molecule has 0 fully saturated rings. The molecule has 0 aliphatic rings. The van der Waals surface area contributed by atoms with Crippen molar-refractivity contribution in [1.82, 2.24) is 0 Å². The van der Waals surface area contributed by atoms with E-state index in [0.717, 1.165) is 0 Å². The van der Waals surface area contributed by atoms with Gasteiger partial charge in [0.15, 0.2) is 0 Å². The van der Waals surface area contributed by atoms with Crippen LogP contribution in [0.3, 0.4) is 0 Å². The van der Waals surface area contributed by atoms with Crippen molar-refractivity contribution in [2.45, 2.75) is 33.5 Å². The van der Waals surface area contributed by atoms with Crippen molar-refractivity contribution < 1.29 is 20.3 Å². The van der Waals surface area contributed by atoms with Crippen LogP contribution < -0.4 is 18.9 Å². The molecule has 42 valence electrons. The molecule has 0 nitrogen and oxygen atoms in total. The van der Waals surface area contributed by atoms with Gasteiger partial charge in [0.05, 0.1) is 0 Å². The van der Waals surface area contributed by atoms with Gasteiger partial charge in [0.25, 0.3) is 0 Å². The molecular weight excluding hydrogens is 95.1 g/mol. The normalized spacial score (nSPS) is 6.00. The van der Waals surface area contributed by atoms with Crippen molar-refractivity contribution >= 4 is 8.80 Å². The van der Waals surface area contributed by atoms with Gasteiger partial charge in [-0.05, 0) is 0 Å². The van der Waals surface area contributed by atoms with Crippen LogP contribution in [0.5, 0.6) is 0 Å². The predicted molar refractivity (Wildman–Crippen MR) is 37.2 cm³/mol. The Morgan fingerprint density at radius 1 is 1.00 bits per heavy atom. The number of hydrogen-bond donors (Lipinski definition) is 0. The molecule has 0 spiro atoms. The Labute approximate surface area is 63.0 Å². The minimum Gasteiger partial charge on any atom is -1.00 e. The minimum atomic E-state index is -0.139. The van der Waals surface area contributed by atoms with E-state index in [1.807, 2.05) is 13.8 Å². The van der Waals surface area contributed by atoms with Crippen LogP contribution in [-0.4, -0.2) is 8.80 Å². The Balaban J connectivity index is -0.0000000183. The van der Waals surface area contributed by atoms with Gasteiger partial charge in [-0.1, -0.05) is 33.5 Å². The molecule has 0 N–H and O–H groups in total. The summed E-state index contributed by atoms with van der Waals surface area (Å²) in [6, 6.07) is 0. The van der Waals surface area contributed by atoms with Crippen molar-refractivity contribution in [3.63, 3.8) is 0 Å². The van der Waals surface area contributed by atoms with E-state index in [1.54, 1.807) is 0 Å². The van der Waals surface area contributed by atoms with E-state index in [2.05, 4.69) is 19.6 Å². The third kappa shape index (κ3) is 238. The smallest absolute Gasteiger partial charge is 1.00 e. The standard InChI is InChI=1S/C3H10Si.C2H6.Li.H/c1-4(2)3;1-2;;/h4H,1-3H3;1-2H3;;/q;;+1;-1. The quantitative estimate of drug-likeness (QED) is 0.362. The Bertz CT molecular complexity index is 17.1. The first kappa shape index (κ1) is 15.7. The Morgan fingerprint density at radius 3 is 1.00 bits per heavy atom. The van der Waals surface area contributed by atoms with Crippen LogP contribution in [-0.2, 0) is 0 Å². The Hall–Kier alpha value is 0.814. The maximum atomic E-state index is 2.31. The van der Waals surface area contributed by atoms with Crippen LogP contribution in [0.2, 0.25) is 19.6 Å². The molecule has 0 saturated heterocycles. The molecule has 0 amide bonds. The first-order chi connectivity index (χ1) is 2.73. The van der Waals surface area contributed by atoms with Crippen molar-refractivity contribution in [1.29, 1.82) is 0 Å². The van der Waals surface area contributed by atoms with Crippen LogP contribution in [0.1, 0.15) is 15.3 Å². The zero-order valence-corrected chi connectivity index (χ0v) is 7.73. The summed E-state index contributed by atoms with van der Waals surface area (Å²) in [7, 11) is -0.139. The SMILES string of the molecule is CC.C[SiH](C)C.[H-].[Li+]. The molecule has 0 aromatic rings. The molecule has 2 heteroatoms. The fourth-order valence-electron chi connectivity index (χ4n) is 0. The van der Waals surface area contributed by atoms with E-state index in [4.69, 9.17) is 0 Å². The summed E-state index contributed by atoms with van der Waals surface area (Å²) in [5.74, 6) is 0. The fraction of sp³-hybridized carbons (Fsp3) is 1.00. The molecule has 7 heavy (non-hydrogen) atoms. The average molecular weight is 112 g/mol. The van der Waals surface area contributed by atoms with Crippen LogP contribution in [0, 0.1) is 0 Å². The molecule has 0 aliphatic carbocycles. The molecule has 0 atom stereocenters. The third-order valence-corrected chi connectivity index (χ3v) is 0. The molecule has 0 unspecified atom stereocenters. The zero-order valence-electron chi connectivity index (χ0n) is 7.58. The maximum Gasteiger partial charge on any atom is 1.00 e. The van der Waals surface area contributed by atoms with Crippen molar-refractivity contribution in [3.05, 3.63) is 0 Å². The van der Waals surface area contributed by atoms with E-state index >= 15 is 0 Å². The first-order valence-corrected chi connectivity index (χ1v) is 6.20. The van der Waals surface area contributed by atoms with E-state index in [0.29, 0.717) is 0 Å². The summed E-state index contributed by atoms with van der Waals surface area (Å²) in [6.45, 7) is 10.9. The second-order valence-electron chi connectivity index (χ2n) is 1.73. The summed E-state index contributed by atoms with van der Waals surface area (Å²) in [5.41, 5.74) is 0. The maximum absolute atomic E-state index is 2.31. The molecule has 0 saturated carbocycles. The first-order valence-electron chi connectivity index (χ1n) is 2.73. The molecule has 0 rings (SSSR count). The van der Waals surface area contributed by atoms with Gasteiger partial charge in [0.1, 0.15) is 0 Å². The van der Waals surface area contributed by atoms with Crippen LogP contribution in [0.25, 0.3) is 0 Å². The zero-order chi connectivity index (χ0) is 5.58. The van der Waals surface area contributed by atoms with Gasteiger partial charge < -0.3 is 1.43 Å². The predicted octanol–water partition coefficient (Wildman–Crippen LogP) is -0.754. The van der Waals surface area contributed by atoms with Gasteiger partial charge in [-0.25, -0.2) is 0 Å². The molecule has 0 bridgehead atoms. The largest absolute Gasteiger partial charge is 1.00 e. The monoisotopic (exact) mass is 112 g/mol. The van der Waals surface area contributed by atoms with Gasteiger partial charge >= 0.3 is 18.9 Å². The van der Waals surface area contributed by atoms with E-state index in [1.165, 1.54) is 0 Å². The second-order valence-corrected chi connectivity index (χ2v) is 5.20. The molecule has 0 aromatic heterocycles. The third-order valence-electron chi connectivity index (χ3n) is 0. The van der Waals surface area contributed by atoms with Gasteiger partial charge in [0.2, 0.25) is 0 Å². The molecule has 0 aliphatic heterocycles. The Morgan fingerprint density at radius 2 is 1.00 bits per heavy atom. The molecule has 0 aromatic carbocycles. The van der Waals surface area contributed by atoms with Gasteiger partial charge in [-0.3, -0.25) is 0 Å². The Kier molecular flexibility index (Phi) is 35.4. The fourth-order valence-corrected chi connectivity index (χ4v) is 0. The molecular formula is C5H17LiSi. The summed E-state index contributed by atoms with van der Waals surface area (Å²) in [6.07, 6.45) is 0. The number of hydrogen-bond acceptors (Lipinski definition) is 0. The molecule has 0 radical (unpaired) electrons. The summed E-state index contributed by atoms with van der Waals surface area (Å²) in [4.78, 5) is 0. The van der Waals surface area contributed by atoms with Crippen LogP contribution >= 0.6 is 0 Å². The van der Waals surface area contributed by atoms with E-state index in [9.17, 15) is 0 Å². The van der Waals surface area contributed by atoms with Gasteiger partial charge in [-0.15, -0.1) is 0 Å². The number of rotatable bonds is 0. The van der Waals surface area contributed by atoms with Crippen molar-refractivity contribution in [3.8, 4) is 0 Å². The summed E-state index contributed by atoms with van der Waals surface area (Å²) in [5, 5.41) is 0. The molecule has 0 heterocycles.